The third kappa shape index (κ3) is 3.75. The van der Waals surface area contributed by atoms with E-state index in [0.717, 1.165) is 35.3 Å². The van der Waals surface area contributed by atoms with Gasteiger partial charge in [-0.3, -0.25) is 0 Å². The van der Waals surface area contributed by atoms with E-state index in [4.69, 9.17) is 0 Å². The van der Waals surface area contributed by atoms with Gasteiger partial charge in [-0.25, -0.2) is 0 Å². The molecule has 1 saturated heterocycles. The average Bonchev–Trinajstić information content (AvgIpc) is 3.34. The van der Waals surface area contributed by atoms with Gasteiger partial charge in [-0.05, 0) is 47.4 Å². The summed E-state index contributed by atoms with van der Waals surface area (Å²) in [5.74, 6) is 1.13. The molecule has 0 radical (unpaired) electrons. The van der Waals surface area contributed by atoms with E-state index < -0.39 is 5.60 Å². The van der Waals surface area contributed by atoms with Crippen molar-refractivity contribution in [2.75, 3.05) is 20.1 Å². The molecule has 1 aliphatic heterocycles. The summed E-state index contributed by atoms with van der Waals surface area (Å²) < 4.78 is 1.97. The van der Waals surface area contributed by atoms with Crippen LogP contribution in [0.5, 0.6) is 0 Å². The third-order valence-corrected chi connectivity index (χ3v) is 7.23. The second-order valence-corrected chi connectivity index (χ2v) is 10.2. The Morgan fingerprint density at radius 1 is 0.941 bits per heavy atom. The molecule has 1 fully saturated rings. The van der Waals surface area contributed by atoms with Crippen molar-refractivity contribution in [3.05, 3.63) is 102 Å². The lowest BCUT2D eigenvalue weighted by molar-refractivity contribution is -0.127. The summed E-state index contributed by atoms with van der Waals surface area (Å²) in [4.78, 5) is 2.24. The van der Waals surface area contributed by atoms with Crippen LogP contribution in [0, 0.1) is 5.41 Å². The Balaban J connectivity index is 1.57. The predicted molar refractivity (Wildman–Crippen MR) is 136 cm³/mol. The summed E-state index contributed by atoms with van der Waals surface area (Å²) in [6.07, 6.45) is 5.76. The molecule has 3 heterocycles. The van der Waals surface area contributed by atoms with E-state index in [1.54, 1.807) is 6.20 Å². The molecule has 0 aliphatic carbocycles. The van der Waals surface area contributed by atoms with Gasteiger partial charge in [0.25, 0.3) is 0 Å². The quantitative estimate of drug-likeness (QED) is 0.434. The molecule has 5 heteroatoms. The number of aliphatic hydroxyl groups is 1. The SMILES string of the molecule is CC(C)c1ccc([C@](O)(c2cnnc(-n3ccc(-c4ccccc4)c3)c2)C2(C)CN(C)C2)cc1. The first-order chi connectivity index (χ1) is 16.3. The summed E-state index contributed by atoms with van der Waals surface area (Å²) in [5.41, 5.74) is 3.65. The molecule has 0 amide bonds. The Kier molecular flexibility index (Phi) is 5.62. The average molecular weight is 453 g/mol. The minimum Gasteiger partial charge on any atom is -0.380 e. The minimum absolute atomic E-state index is 0.340. The van der Waals surface area contributed by atoms with Crippen LogP contribution in [0.25, 0.3) is 16.9 Å². The van der Waals surface area contributed by atoms with Crippen LogP contribution in [0.15, 0.2) is 85.3 Å². The first-order valence-electron chi connectivity index (χ1n) is 11.9. The Labute approximate surface area is 201 Å². The Bertz CT molecular complexity index is 1270. The van der Waals surface area contributed by atoms with Crippen LogP contribution in [0.4, 0.5) is 0 Å². The molecule has 0 spiro atoms. The van der Waals surface area contributed by atoms with E-state index >= 15 is 0 Å². The smallest absolute Gasteiger partial charge is 0.159 e. The van der Waals surface area contributed by atoms with E-state index in [-0.39, 0.29) is 5.41 Å². The fourth-order valence-electron chi connectivity index (χ4n) is 5.37. The van der Waals surface area contributed by atoms with E-state index in [2.05, 4.69) is 91.6 Å². The number of aromatic nitrogens is 3. The van der Waals surface area contributed by atoms with Gasteiger partial charge in [0.05, 0.1) is 6.20 Å². The van der Waals surface area contributed by atoms with Gasteiger partial charge in [0.1, 0.15) is 5.60 Å². The van der Waals surface area contributed by atoms with Crippen LogP contribution in [-0.4, -0.2) is 44.9 Å². The fourth-order valence-corrected chi connectivity index (χ4v) is 5.37. The highest BCUT2D eigenvalue weighted by molar-refractivity contribution is 5.63. The van der Waals surface area contributed by atoms with Crippen LogP contribution in [0.2, 0.25) is 0 Å². The summed E-state index contributed by atoms with van der Waals surface area (Å²) in [6.45, 7) is 8.13. The molecule has 1 atom stereocenters. The van der Waals surface area contributed by atoms with Crippen molar-refractivity contribution in [2.45, 2.75) is 32.3 Å². The molecule has 4 aromatic rings. The Morgan fingerprint density at radius 3 is 2.29 bits per heavy atom. The highest BCUT2D eigenvalue weighted by atomic mass is 16.3. The van der Waals surface area contributed by atoms with Crippen molar-refractivity contribution in [3.63, 3.8) is 0 Å². The molecule has 34 heavy (non-hydrogen) atoms. The lowest BCUT2D eigenvalue weighted by Crippen LogP contribution is -2.63. The number of nitrogens with zero attached hydrogens (tertiary/aromatic N) is 4. The maximum atomic E-state index is 12.4. The first-order valence-corrected chi connectivity index (χ1v) is 11.9. The second-order valence-electron chi connectivity index (χ2n) is 10.2. The lowest BCUT2D eigenvalue weighted by atomic mass is 9.62. The van der Waals surface area contributed by atoms with E-state index in [1.165, 1.54) is 5.56 Å². The monoisotopic (exact) mass is 452 g/mol. The van der Waals surface area contributed by atoms with Crippen LogP contribution in [0.1, 0.15) is 43.4 Å². The van der Waals surface area contributed by atoms with Crippen molar-refractivity contribution < 1.29 is 5.11 Å². The zero-order valence-electron chi connectivity index (χ0n) is 20.3. The molecule has 0 unspecified atom stereocenters. The Hall–Kier alpha value is -3.28. The van der Waals surface area contributed by atoms with Crippen molar-refractivity contribution >= 4 is 0 Å². The number of hydrogen-bond donors (Lipinski definition) is 1. The molecule has 1 N–H and O–H groups in total. The molecule has 174 valence electrons. The van der Waals surface area contributed by atoms with Gasteiger partial charge >= 0.3 is 0 Å². The summed E-state index contributed by atoms with van der Waals surface area (Å²) in [5, 5.41) is 21.2. The topological polar surface area (TPSA) is 54.2 Å². The highest BCUT2D eigenvalue weighted by Crippen LogP contribution is 2.50. The van der Waals surface area contributed by atoms with Crippen molar-refractivity contribution in [1.82, 2.24) is 19.7 Å². The van der Waals surface area contributed by atoms with Crippen molar-refractivity contribution in [3.8, 4) is 16.9 Å². The number of likely N-dealkylation sites (tertiary alicyclic amines) is 1. The molecule has 0 saturated carbocycles. The van der Waals surface area contributed by atoms with Gasteiger partial charge in [-0.15, -0.1) is 5.10 Å². The van der Waals surface area contributed by atoms with Crippen LogP contribution in [0.3, 0.4) is 0 Å². The molecule has 2 aromatic carbocycles. The van der Waals surface area contributed by atoms with Crippen LogP contribution in [-0.2, 0) is 5.60 Å². The molecule has 1 aliphatic rings. The van der Waals surface area contributed by atoms with Gasteiger partial charge in [0.2, 0.25) is 0 Å². The summed E-state index contributed by atoms with van der Waals surface area (Å²) in [7, 11) is 2.09. The minimum atomic E-state index is -1.19. The van der Waals surface area contributed by atoms with Crippen LogP contribution >= 0.6 is 0 Å². The standard InChI is InChI=1S/C29H32N4O/c1-21(2)22-10-12-25(13-11-22)29(34,28(3)19-32(4)20-28)26-16-27(31-30-17-26)33-15-14-24(18-33)23-8-6-5-7-9-23/h5-18,21,34H,19-20H2,1-4H3/t29-/m0/s1. The number of rotatable bonds is 6. The van der Waals surface area contributed by atoms with Crippen LogP contribution < -0.4 is 0 Å². The fraction of sp³-hybridized carbons (Fsp3) is 0.310. The van der Waals surface area contributed by atoms with Gasteiger partial charge < -0.3 is 14.6 Å². The largest absolute Gasteiger partial charge is 0.380 e. The first kappa shape index (κ1) is 22.5. The molecule has 2 aromatic heterocycles. The van der Waals surface area contributed by atoms with Gasteiger partial charge in [0, 0.05) is 36.5 Å². The number of benzene rings is 2. The van der Waals surface area contributed by atoms with E-state index in [9.17, 15) is 5.11 Å². The molecular weight excluding hydrogens is 420 g/mol. The van der Waals surface area contributed by atoms with Crippen molar-refractivity contribution in [1.29, 1.82) is 0 Å². The number of hydrogen-bond acceptors (Lipinski definition) is 4. The second kappa shape index (κ2) is 8.49. The highest BCUT2D eigenvalue weighted by Gasteiger charge is 2.55. The molecule has 5 rings (SSSR count). The summed E-state index contributed by atoms with van der Waals surface area (Å²) >= 11 is 0. The Morgan fingerprint density at radius 2 is 1.65 bits per heavy atom. The third-order valence-electron chi connectivity index (χ3n) is 7.23. The zero-order chi connectivity index (χ0) is 23.9. The molecular formula is C29H32N4O. The van der Waals surface area contributed by atoms with Crippen molar-refractivity contribution in [2.24, 2.45) is 5.41 Å². The van der Waals surface area contributed by atoms with E-state index in [0.29, 0.717) is 11.7 Å². The maximum absolute atomic E-state index is 12.4. The molecule has 0 bridgehead atoms. The maximum Gasteiger partial charge on any atom is 0.159 e. The molecule has 5 nitrogen and oxygen atoms in total. The van der Waals surface area contributed by atoms with Gasteiger partial charge in [-0.2, -0.15) is 5.10 Å². The zero-order valence-corrected chi connectivity index (χ0v) is 20.3. The van der Waals surface area contributed by atoms with Gasteiger partial charge in [-0.1, -0.05) is 75.4 Å². The predicted octanol–water partition coefficient (Wildman–Crippen LogP) is 5.25. The van der Waals surface area contributed by atoms with Gasteiger partial charge in [0.15, 0.2) is 5.82 Å². The van der Waals surface area contributed by atoms with E-state index in [1.807, 2.05) is 35.0 Å². The lowest BCUT2D eigenvalue weighted by Gasteiger charge is -2.55. The normalized spacial score (nSPS) is 17.4. The summed E-state index contributed by atoms with van der Waals surface area (Å²) in [6, 6.07) is 22.7.